The van der Waals surface area contributed by atoms with E-state index in [0.29, 0.717) is 5.69 Å². The largest absolute Gasteiger partial charge is 0.497 e. The number of carboxylic acids is 1. The van der Waals surface area contributed by atoms with Gasteiger partial charge in [0.2, 0.25) is 0 Å². The van der Waals surface area contributed by atoms with Gasteiger partial charge in [0.1, 0.15) is 5.75 Å². The fraction of sp³-hybridized carbons (Fsp3) is 0.0556. The average Bonchev–Trinajstić information content (AvgIpc) is 2.54. The zero-order chi connectivity index (χ0) is 15.5. The third kappa shape index (κ3) is 2.72. The number of fused-ring (bicyclic) bond motifs is 1. The molecule has 110 valence electrons. The maximum Gasteiger partial charge on any atom is 0.337 e. The number of carboxylic acid groups (broad SMARTS) is 1. The minimum Gasteiger partial charge on any atom is -0.497 e. The predicted octanol–water partition coefficient (Wildman–Crippen LogP) is 4.29. The molecule has 0 aliphatic rings. The quantitative estimate of drug-likeness (QED) is 0.753. The van der Waals surface area contributed by atoms with Gasteiger partial charge in [-0.15, -0.1) is 0 Å². The Morgan fingerprint density at radius 1 is 1.00 bits per heavy atom. The van der Waals surface area contributed by atoms with Crippen molar-refractivity contribution in [3.63, 3.8) is 0 Å². The van der Waals surface area contributed by atoms with E-state index in [1.807, 2.05) is 36.4 Å². The van der Waals surface area contributed by atoms with Crippen molar-refractivity contribution >= 4 is 28.1 Å². The Morgan fingerprint density at radius 2 is 1.77 bits per heavy atom. The van der Waals surface area contributed by atoms with Gasteiger partial charge in [-0.05, 0) is 47.2 Å². The van der Waals surface area contributed by atoms with Crippen LogP contribution in [0.1, 0.15) is 10.4 Å². The zero-order valence-corrected chi connectivity index (χ0v) is 12.0. The van der Waals surface area contributed by atoms with E-state index < -0.39 is 5.97 Å². The van der Waals surface area contributed by atoms with E-state index in [1.54, 1.807) is 31.4 Å². The number of carbonyl (C=O) groups is 1. The van der Waals surface area contributed by atoms with Crippen LogP contribution in [0.3, 0.4) is 0 Å². The summed E-state index contributed by atoms with van der Waals surface area (Å²) in [6, 6.07) is 18.6. The number of benzene rings is 3. The monoisotopic (exact) mass is 293 g/mol. The second-order valence-electron chi connectivity index (χ2n) is 4.90. The molecule has 3 aromatic rings. The minimum atomic E-state index is -0.953. The molecule has 0 aromatic heterocycles. The molecular formula is C18H15NO3. The summed E-state index contributed by atoms with van der Waals surface area (Å²) in [4.78, 5) is 11.3. The van der Waals surface area contributed by atoms with E-state index in [2.05, 4.69) is 5.32 Å². The van der Waals surface area contributed by atoms with Crippen LogP contribution in [0, 0.1) is 0 Å². The lowest BCUT2D eigenvalue weighted by atomic mass is 10.1. The number of ether oxygens (including phenoxy) is 1. The van der Waals surface area contributed by atoms with Gasteiger partial charge in [0.25, 0.3) is 0 Å². The van der Waals surface area contributed by atoms with Crippen LogP contribution in [0.4, 0.5) is 11.4 Å². The maximum absolute atomic E-state index is 11.3. The third-order valence-corrected chi connectivity index (χ3v) is 3.48. The van der Waals surface area contributed by atoms with Gasteiger partial charge >= 0.3 is 5.97 Å². The fourth-order valence-electron chi connectivity index (χ4n) is 2.36. The average molecular weight is 293 g/mol. The van der Waals surface area contributed by atoms with E-state index in [4.69, 9.17) is 4.74 Å². The van der Waals surface area contributed by atoms with Crippen LogP contribution in [0.25, 0.3) is 10.8 Å². The molecule has 0 amide bonds. The smallest absolute Gasteiger partial charge is 0.337 e. The lowest BCUT2D eigenvalue weighted by Crippen LogP contribution is -2.02. The summed E-state index contributed by atoms with van der Waals surface area (Å²) in [7, 11) is 1.63. The van der Waals surface area contributed by atoms with Crippen molar-refractivity contribution in [2.45, 2.75) is 0 Å². The molecule has 0 atom stereocenters. The van der Waals surface area contributed by atoms with Crippen LogP contribution in [0.5, 0.6) is 5.75 Å². The lowest BCUT2D eigenvalue weighted by Gasteiger charge is -2.11. The Balaban J connectivity index is 1.99. The number of aromatic carboxylic acids is 1. The highest BCUT2D eigenvalue weighted by Crippen LogP contribution is 2.27. The second kappa shape index (κ2) is 5.77. The topological polar surface area (TPSA) is 58.6 Å². The number of nitrogens with one attached hydrogen (secondary N) is 1. The van der Waals surface area contributed by atoms with Crippen LogP contribution in [0.2, 0.25) is 0 Å². The summed E-state index contributed by atoms with van der Waals surface area (Å²) >= 11 is 0. The molecular weight excluding hydrogens is 278 g/mol. The van der Waals surface area contributed by atoms with Crippen LogP contribution < -0.4 is 10.1 Å². The van der Waals surface area contributed by atoms with Crippen molar-refractivity contribution in [2.24, 2.45) is 0 Å². The van der Waals surface area contributed by atoms with Crippen LogP contribution in [-0.2, 0) is 0 Å². The van der Waals surface area contributed by atoms with Crippen LogP contribution in [0.15, 0.2) is 60.7 Å². The number of hydrogen-bond donors (Lipinski definition) is 2. The summed E-state index contributed by atoms with van der Waals surface area (Å²) in [5, 5.41) is 14.5. The van der Waals surface area contributed by atoms with Crippen LogP contribution >= 0.6 is 0 Å². The van der Waals surface area contributed by atoms with Gasteiger partial charge in [-0.25, -0.2) is 4.79 Å². The van der Waals surface area contributed by atoms with Gasteiger partial charge < -0.3 is 15.2 Å². The standard InChI is InChI=1S/C18H15NO3/c1-22-15-9-7-12-6-8-14(10-13(12)11-15)19-17-5-3-2-4-16(17)18(20)21/h2-11,19H,1H3,(H,20,21). The number of para-hydroxylation sites is 1. The lowest BCUT2D eigenvalue weighted by molar-refractivity contribution is 0.0698. The van der Waals surface area contributed by atoms with E-state index in [-0.39, 0.29) is 5.56 Å². The molecule has 0 saturated heterocycles. The SMILES string of the molecule is COc1ccc2ccc(Nc3ccccc3C(=O)O)cc2c1. The Bertz CT molecular complexity index is 843. The number of methoxy groups -OCH3 is 1. The maximum atomic E-state index is 11.3. The number of rotatable bonds is 4. The molecule has 0 fully saturated rings. The van der Waals surface area contributed by atoms with Crippen molar-refractivity contribution in [3.05, 3.63) is 66.2 Å². The molecule has 0 saturated carbocycles. The van der Waals surface area contributed by atoms with E-state index in [1.165, 1.54) is 0 Å². The normalized spacial score (nSPS) is 10.4. The molecule has 3 rings (SSSR count). The van der Waals surface area contributed by atoms with Crippen molar-refractivity contribution < 1.29 is 14.6 Å². The molecule has 0 radical (unpaired) electrons. The summed E-state index contributed by atoms with van der Waals surface area (Å²) in [6.07, 6.45) is 0. The molecule has 2 N–H and O–H groups in total. The molecule has 0 bridgehead atoms. The second-order valence-corrected chi connectivity index (χ2v) is 4.90. The first-order valence-corrected chi connectivity index (χ1v) is 6.84. The predicted molar refractivity (Wildman–Crippen MR) is 87.2 cm³/mol. The number of hydrogen-bond acceptors (Lipinski definition) is 3. The zero-order valence-electron chi connectivity index (χ0n) is 12.0. The van der Waals surface area contributed by atoms with E-state index in [9.17, 15) is 9.90 Å². The Morgan fingerprint density at radius 3 is 2.55 bits per heavy atom. The van der Waals surface area contributed by atoms with Crippen molar-refractivity contribution in [3.8, 4) is 5.75 Å². The molecule has 0 spiro atoms. The highest BCUT2D eigenvalue weighted by Gasteiger charge is 2.09. The van der Waals surface area contributed by atoms with E-state index >= 15 is 0 Å². The Kier molecular flexibility index (Phi) is 3.66. The molecule has 0 aliphatic heterocycles. The van der Waals surface area contributed by atoms with Gasteiger partial charge in [0.15, 0.2) is 0 Å². The third-order valence-electron chi connectivity index (χ3n) is 3.48. The van der Waals surface area contributed by atoms with Gasteiger partial charge in [0, 0.05) is 5.69 Å². The van der Waals surface area contributed by atoms with Gasteiger partial charge in [-0.3, -0.25) is 0 Å². The molecule has 4 heteroatoms. The summed E-state index contributed by atoms with van der Waals surface area (Å²) in [5.41, 5.74) is 1.64. The summed E-state index contributed by atoms with van der Waals surface area (Å²) < 4.78 is 5.23. The van der Waals surface area contributed by atoms with Gasteiger partial charge in [-0.1, -0.05) is 24.3 Å². The van der Waals surface area contributed by atoms with Crippen molar-refractivity contribution in [2.75, 3.05) is 12.4 Å². The van der Waals surface area contributed by atoms with E-state index in [0.717, 1.165) is 22.2 Å². The Hall–Kier alpha value is -3.01. The molecule has 0 unspecified atom stereocenters. The molecule has 4 nitrogen and oxygen atoms in total. The highest BCUT2D eigenvalue weighted by molar-refractivity contribution is 5.96. The summed E-state index contributed by atoms with van der Waals surface area (Å²) in [5.74, 6) is -0.166. The number of anilines is 2. The highest BCUT2D eigenvalue weighted by atomic mass is 16.5. The minimum absolute atomic E-state index is 0.244. The molecule has 0 aliphatic carbocycles. The van der Waals surface area contributed by atoms with Crippen LogP contribution in [-0.4, -0.2) is 18.2 Å². The van der Waals surface area contributed by atoms with Gasteiger partial charge in [0.05, 0.1) is 18.4 Å². The summed E-state index contributed by atoms with van der Waals surface area (Å²) in [6.45, 7) is 0. The molecule has 22 heavy (non-hydrogen) atoms. The molecule has 3 aromatic carbocycles. The van der Waals surface area contributed by atoms with Crippen molar-refractivity contribution in [1.82, 2.24) is 0 Å². The first-order chi connectivity index (χ1) is 10.7. The molecule has 0 heterocycles. The fourth-order valence-corrected chi connectivity index (χ4v) is 2.36. The first-order valence-electron chi connectivity index (χ1n) is 6.84. The Labute approximate surface area is 128 Å². The van der Waals surface area contributed by atoms with Crippen molar-refractivity contribution in [1.29, 1.82) is 0 Å². The first kappa shape index (κ1) is 13.9. The van der Waals surface area contributed by atoms with Gasteiger partial charge in [-0.2, -0.15) is 0 Å².